The zero-order valence-electron chi connectivity index (χ0n) is 9.80. The van der Waals surface area contributed by atoms with Gasteiger partial charge in [0.1, 0.15) is 25.4 Å². The van der Waals surface area contributed by atoms with Crippen molar-refractivity contribution in [2.45, 2.75) is 5.54 Å². The Kier molecular flexibility index (Phi) is 8.93. The van der Waals surface area contributed by atoms with Gasteiger partial charge in [-0.3, -0.25) is 14.7 Å². The van der Waals surface area contributed by atoms with Gasteiger partial charge < -0.3 is 5.32 Å². The number of likely N-dealkylation sites (N-methyl/N-ethyl adjacent to an activating group) is 1. The van der Waals surface area contributed by atoms with Crippen molar-refractivity contribution in [2.75, 3.05) is 26.9 Å². The van der Waals surface area contributed by atoms with Crippen LogP contribution in [0.1, 0.15) is 0 Å². The summed E-state index contributed by atoms with van der Waals surface area (Å²) in [7, 11) is 1.62. The first-order valence-corrected chi connectivity index (χ1v) is 4.66. The Bertz CT molecular complexity index is 287. The topological polar surface area (TPSA) is 67.4 Å². The predicted molar refractivity (Wildman–Crippen MR) is 59.4 cm³/mol. The zero-order chi connectivity index (χ0) is 13.7. The van der Waals surface area contributed by atoms with Gasteiger partial charge in [-0.05, 0) is 7.05 Å². The first kappa shape index (κ1) is 15.9. The maximum Gasteiger partial charge on any atom is 0.153 e. The van der Waals surface area contributed by atoms with Crippen LogP contribution in [-0.4, -0.2) is 32.4 Å². The fourth-order valence-electron chi connectivity index (χ4n) is 0.870. The van der Waals surface area contributed by atoms with Gasteiger partial charge in [-0.1, -0.05) is 19.3 Å². The van der Waals surface area contributed by atoms with E-state index in [1.807, 2.05) is 18.3 Å². The molecule has 0 aromatic rings. The molecular weight excluding hydrogens is 242 g/mol. The minimum Gasteiger partial charge on any atom is -0.308 e. The first-order valence-electron chi connectivity index (χ1n) is 4.66. The summed E-state index contributed by atoms with van der Waals surface area (Å²) < 4.78 is 0. The van der Waals surface area contributed by atoms with E-state index in [0.717, 1.165) is 0 Å². The van der Waals surface area contributed by atoms with Gasteiger partial charge in [0.05, 0.1) is 0 Å². The number of nitrogens with one attached hydrogen (secondary N) is 1. The predicted octanol–water partition coefficient (Wildman–Crippen LogP) is -0.439. The third kappa shape index (κ3) is 6.49. The summed E-state index contributed by atoms with van der Waals surface area (Å²) in [5, 5.41) is 2.87. The minimum absolute atomic E-state index is 0.0322. The SMILES string of the molecule is C#COOCC(COOC#C)(COOC#C)NC. The second-order valence-corrected chi connectivity index (χ2v) is 2.92. The van der Waals surface area contributed by atoms with Gasteiger partial charge in [-0.15, -0.1) is 0 Å². The Labute approximate surface area is 105 Å². The summed E-state index contributed by atoms with van der Waals surface area (Å²) in [6.07, 6.45) is 20.1. The van der Waals surface area contributed by atoms with Gasteiger partial charge in [-0.2, -0.15) is 14.7 Å². The second-order valence-electron chi connectivity index (χ2n) is 2.92. The van der Waals surface area contributed by atoms with Crippen LogP contribution >= 0.6 is 0 Å². The summed E-state index contributed by atoms with van der Waals surface area (Å²) >= 11 is 0. The fraction of sp³-hybridized carbons (Fsp3) is 0.455. The van der Waals surface area contributed by atoms with Gasteiger partial charge in [-0.25, -0.2) is 0 Å². The number of terminal acetylenes is 3. The Balaban J connectivity index is 4.36. The molecule has 18 heavy (non-hydrogen) atoms. The second kappa shape index (κ2) is 10.1. The van der Waals surface area contributed by atoms with Crippen molar-refractivity contribution in [3.8, 4) is 37.6 Å². The average molecular weight is 255 g/mol. The van der Waals surface area contributed by atoms with Crippen LogP contribution in [0.5, 0.6) is 0 Å². The van der Waals surface area contributed by atoms with E-state index in [1.54, 1.807) is 7.05 Å². The van der Waals surface area contributed by atoms with Gasteiger partial charge in [0.25, 0.3) is 0 Å². The van der Waals surface area contributed by atoms with Crippen molar-refractivity contribution in [2.24, 2.45) is 0 Å². The first-order chi connectivity index (χ1) is 8.74. The molecule has 0 aliphatic carbocycles. The van der Waals surface area contributed by atoms with Crippen LogP contribution in [0, 0.1) is 37.6 Å². The molecule has 0 heterocycles. The van der Waals surface area contributed by atoms with Crippen molar-refractivity contribution in [1.29, 1.82) is 0 Å². The zero-order valence-corrected chi connectivity index (χ0v) is 9.80. The molecule has 0 saturated carbocycles. The van der Waals surface area contributed by atoms with Crippen LogP contribution in [0.25, 0.3) is 0 Å². The smallest absolute Gasteiger partial charge is 0.153 e. The Morgan fingerprint density at radius 3 is 1.39 bits per heavy atom. The van der Waals surface area contributed by atoms with Gasteiger partial charge >= 0.3 is 0 Å². The molecule has 0 aliphatic heterocycles. The fourth-order valence-corrected chi connectivity index (χ4v) is 0.870. The molecule has 7 heteroatoms. The third-order valence-corrected chi connectivity index (χ3v) is 1.86. The third-order valence-electron chi connectivity index (χ3n) is 1.86. The lowest BCUT2D eigenvalue weighted by atomic mass is 10.0. The highest BCUT2D eigenvalue weighted by atomic mass is 17.2. The van der Waals surface area contributed by atoms with E-state index in [0.29, 0.717) is 0 Å². The quantitative estimate of drug-likeness (QED) is 0.246. The summed E-state index contributed by atoms with van der Waals surface area (Å²) in [6.45, 7) is -0.0965. The van der Waals surface area contributed by atoms with E-state index in [4.69, 9.17) is 33.9 Å². The summed E-state index contributed by atoms with van der Waals surface area (Å²) in [5.41, 5.74) is -0.884. The molecule has 1 N–H and O–H groups in total. The largest absolute Gasteiger partial charge is 0.308 e. The maximum atomic E-state index is 4.86. The number of hydrogen-bond donors (Lipinski definition) is 1. The molecule has 0 rings (SSSR count). The Morgan fingerprint density at radius 1 is 0.833 bits per heavy atom. The van der Waals surface area contributed by atoms with E-state index in [1.165, 1.54) is 0 Å². The molecule has 0 fully saturated rings. The molecule has 98 valence electrons. The summed E-state index contributed by atoms with van der Waals surface area (Å²) in [5.74, 6) is 0. The molecule has 0 atom stereocenters. The van der Waals surface area contributed by atoms with E-state index in [2.05, 4.69) is 20.0 Å². The summed E-state index contributed by atoms with van der Waals surface area (Å²) in [6, 6.07) is 0. The van der Waals surface area contributed by atoms with Crippen LogP contribution in [0.3, 0.4) is 0 Å². The van der Waals surface area contributed by atoms with Crippen LogP contribution < -0.4 is 5.32 Å². The van der Waals surface area contributed by atoms with Gasteiger partial charge in [0.15, 0.2) is 18.3 Å². The lowest BCUT2D eigenvalue weighted by molar-refractivity contribution is -0.309. The molecule has 0 radical (unpaired) electrons. The molecule has 0 aromatic carbocycles. The lowest BCUT2D eigenvalue weighted by Gasteiger charge is -2.29. The Hall–Kier alpha value is -2.08. The molecule has 0 bridgehead atoms. The molecule has 0 aromatic heterocycles. The summed E-state index contributed by atoms with van der Waals surface area (Å²) in [4.78, 5) is 27.1. The van der Waals surface area contributed by atoms with E-state index >= 15 is 0 Å². The monoisotopic (exact) mass is 255 g/mol. The average Bonchev–Trinajstić information content (AvgIpc) is 2.39. The van der Waals surface area contributed by atoms with Crippen molar-refractivity contribution >= 4 is 0 Å². The van der Waals surface area contributed by atoms with Crippen molar-refractivity contribution in [1.82, 2.24) is 5.32 Å². The van der Waals surface area contributed by atoms with Crippen molar-refractivity contribution < 1.29 is 29.3 Å². The molecule has 0 aliphatic rings. The minimum atomic E-state index is -0.884. The normalized spacial score (nSPS) is 9.67. The van der Waals surface area contributed by atoms with Crippen LogP contribution in [0.2, 0.25) is 0 Å². The molecule has 0 spiro atoms. The molecular formula is C11H13NO6. The Morgan fingerprint density at radius 2 is 1.17 bits per heavy atom. The molecule has 7 nitrogen and oxygen atoms in total. The van der Waals surface area contributed by atoms with Gasteiger partial charge in [0.2, 0.25) is 0 Å². The van der Waals surface area contributed by atoms with Crippen LogP contribution in [-0.2, 0) is 29.3 Å². The number of hydrogen-bond acceptors (Lipinski definition) is 7. The van der Waals surface area contributed by atoms with E-state index in [-0.39, 0.29) is 19.8 Å². The highest BCUT2D eigenvalue weighted by molar-refractivity contribution is 4.86. The van der Waals surface area contributed by atoms with Crippen LogP contribution in [0.15, 0.2) is 0 Å². The molecule has 0 unspecified atom stereocenters. The standard InChI is InChI=1S/C11H13NO6/c1-5-13-16-8-11(12-4,9-17-14-6-2)10-18-15-7-3/h1-3,12H,8-10H2,4H3. The van der Waals surface area contributed by atoms with Gasteiger partial charge in [0, 0.05) is 0 Å². The van der Waals surface area contributed by atoms with Crippen molar-refractivity contribution in [3.05, 3.63) is 0 Å². The molecule has 0 saturated heterocycles. The van der Waals surface area contributed by atoms with Crippen LogP contribution in [0.4, 0.5) is 0 Å². The van der Waals surface area contributed by atoms with E-state index < -0.39 is 5.54 Å². The maximum absolute atomic E-state index is 4.86. The highest BCUT2D eigenvalue weighted by Crippen LogP contribution is 2.08. The highest BCUT2D eigenvalue weighted by Gasteiger charge is 2.32. The lowest BCUT2D eigenvalue weighted by Crippen LogP contribution is -2.54. The molecule has 0 amide bonds. The van der Waals surface area contributed by atoms with E-state index in [9.17, 15) is 0 Å². The number of rotatable bonds is 10. The van der Waals surface area contributed by atoms with Crippen molar-refractivity contribution in [3.63, 3.8) is 0 Å².